The summed E-state index contributed by atoms with van der Waals surface area (Å²) in [7, 11) is 0. The molecule has 0 fully saturated rings. The number of nitrogens with zero attached hydrogens (tertiary/aromatic N) is 2. The molecular weight excluding hydrogens is 304 g/mol. The summed E-state index contributed by atoms with van der Waals surface area (Å²) in [6.45, 7) is 5.28. The molecule has 0 aliphatic rings. The van der Waals surface area contributed by atoms with Crippen molar-refractivity contribution in [3.8, 4) is 12.1 Å². The third-order valence-corrected chi connectivity index (χ3v) is 2.54. The molecule has 0 radical (unpaired) electrons. The molecule has 0 spiro atoms. The topological polar surface area (TPSA) is 97.9 Å². The number of carbonyl (C=O) groups is 1. The molecule has 114 valence electrons. The summed E-state index contributed by atoms with van der Waals surface area (Å²) in [5.41, 5.74) is 0.300. The first-order valence-electron chi connectivity index (χ1n) is 6.31. The molecule has 0 atom stereocenters. The second kappa shape index (κ2) is 7.35. The summed E-state index contributed by atoms with van der Waals surface area (Å²) in [4.78, 5) is 11.7. The van der Waals surface area contributed by atoms with Crippen LogP contribution in [0.5, 0.6) is 0 Å². The summed E-state index contributed by atoms with van der Waals surface area (Å²) in [6, 6.07) is 8.23. The monoisotopic (exact) mass is 318 g/mol. The normalized spacial score (nSPS) is 9.91. The minimum Gasteiger partial charge on any atom is -0.444 e. The predicted octanol–water partition coefficient (Wildman–Crippen LogP) is 4.03. The van der Waals surface area contributed by atoms with E-state index in [1.807, 2.05) is 0 Å². The van der Waals surface area contributed by atoms with E-state index < -0.39 is 11.7 Å². The van der Waals surface area contributed by atoms with Crippen molar-refractivity contribution in [3.05, 3.63) is 35.0 Å². The van der Waals surface area contributed by atoms with Gasteiger partial charge in [-0.2, -0.15) is 10.5 Å². The van der Waals surface area contributed by atoms with Crippen molar-refractivity contribution >= 4 is 29.1 Å². The van der Waals surface area contributed by atoms with Gasteiger partial charge in [0.15, 0.2) is 0 Å². The van der Waals surface area contributed by atoms with Gasteiger partial charge in [0.25, 0.3) is 0 Å². The molecule has 1 rings (SSSR count). The number of allylic oxidation sites excluding steroid dienone is 1. The van der Waals surface area contributed by atoms with Crippen LogP contribution in [0.15, 0.2) is 30.0 Å². The Hall–Kier alpha value is -2.70. The van der Waals surface area contributed by atoms with E-state index in [0.717, 1.165) is 0 Å². The second-order valence-electron chi connectivity index (χ2n) is 5.25. The summed E-state index contributed by atoms with van der Waals surface area (Å²) in [5, 5.41) is 22.9. The highest BCUT2D eigenvalue weighted by Crippen LogP contribution is 2.26. The summed E-state index contributed by atoms with van der Waals surface area (Å²) < 4.78 is 5.13. The lowest BCUT2D eigenvalue weighted by Gasteiger charge is -2.20. The second-order valence-corrected chi connectivity index (χ2v) is 5.65. The molecule has 0 saturated carbocycles. The smallest absolute Gasteiger partial charge is 0.412 e. The van der Waals surface area contributed by atoms with E-state index >= 15 is 0 Å². The molecule has 1 amide bonds. The van der Waals surface area contributed by atoms with E-state index in [-0.39, 0.29) is 5.57 Å². The lowest BCUT2D eigenvalue weighted by Crippen LogP contribution is -2.27. The maximum atomic E-state index is 11.7. The predicted molar refractivity (Wildman–Crippen MR) is 84.2 cm³/mol. The molecule has 22 heavy (non-hydrogen) atoms. The van der Waals surface area contributed by atoms with Crippen LogP contribution in [0.2, 0.25) is 5.02 Å². The Morgan fingerprint density at radius 1 is 1.32 bits per heavy atom. The third-order valence-electron chi connectivity index (χ3n) is 2.23. The zero-order valence-corrected chi connectivity index (χ0v) is 13.2. The standard InChI is InChI=1S/C15H15ClN4O2/c1-15(2,3)22-14(21)20-13-5-4-11(6-12(13)16)19-9-10(7-17)8-18/h4-6,9,19H,1-3H3,(H,20,21). The highest BCUT2D eigenvalue weighted by Gasteiger charge is 2.17. The van der Waals surface area contributed by atoms with Crippen molar-refractivity contribution in [2.45, 2.75) is 26.4 Å². The van der Waals surface area contributed by atoms with Crippen molar-refractivity contribution in [2.24, 2.45) is 0 Å². The van der Waals surface area contributed by atoms with Crippen LogP contribution in [0, 0.1) is 22.7 Å². The molecule has 7 heteroatoms. The van der Waals surface area contributed by atoms with Crippen LogP contribution < -0.4 is 10.6 Å². The number of hydrogen-bond acceptors (Lipinski definition) is 5. The molecule has 2 N–H and O–H groups in total. The number of amides is 1. The lowest BCUT2D eigenvalue weighted by molar-refractivity contribution is 0.0636. The average Bonchev–Trinajstić information content (AvgIpc) is 2.40. The van der Waals surface area contributed by atoms with Crippen LogP contribution in [0.1, 0.15) is 20.8 Å². The van der Waals surface area contributed by atoms with Crippen LogP contribution >= 0.6 is 11.6 Å². The highest BCUT2D eigenvalue weighted by molar-refractivity contribution is 6.34. The van der Waals surface area contributed by atoms with Gasteiger partial charge in [-0.05, 0) is 39.0 Å². The molecule has 0 aromatic heterocycles. The number of halogens is 1. The van der Waals surface area contributed by atoms with Crippen molar-refractivity contribution in [2.75, 3.05) is 10.6 Å². The number of anilines is 2. The molecule has 0 aliphatic heterocycles. The molecule has 6 nitrogen and oxygen atoms in total. The van der Waals surface area contributed by atoms with E-state index in [2.05, 4.69) is 10.6 Å². The minimum absolute atomic E-state index is 0.0629. The molecule has 0 bridgehead atoms. The molecule has 0 aliphatic carbocycles. The molecule has 1 aromatic rings. The zero-order chi connectivity index (χ0) is 16.8. The molecule has 0 heterocycles. The number of hydrogen-bond donors (Lipinski definition) is 2. The van der Waals surface area contributed by atoms with Gasteiger partial charge in [0.2, 0.25) is 0 Å². The fraction of sp³-hybridized carbons (Fsp3) is 0.267. The van der Waals surface area contributed by atoms with Crippen LogP contribution in [0.3, 0.4) is 0 Å². The van der Waals surface area contributed by atoms with Gasteiger partial charge >= 0.3 is 6.09 Å². The van der Waals surface area contributed by atoms with Gasteiger partial charge in [0.1, 0.15) is 23.3 Å². The zero-order valence-electron chi connectivity index (χ0n) is 12.4. The molecule has 0 unspecified atom stereocenters. The van der Waals surface area contributed by atoms with E-state index in [4.69, 9.17) is 26.9 Å². The lowest BCUT2D eigenvalue weighted by atomic mass is 10.2. The van der Waals surface area contributed by atoms with E-state index in [1.165, 1.54) is 6.20 Å². The van der Waals surface area contributed by atoms with Crippen LogP contribution in [-0.4, -0.2) is 11.7 Å². The summed E-state index contributed by atoms with van der Waals surface area (Å²) in [5.74, 6) is 0. The number of ether oxygens (including phenoxy) is 1. The van der Waals surface area contributed by atoms with Gasteiger partial charge in [0.05, 0.1) is 10.7 Å². The van der Waals surface area contributed by atoms with Crippen LogP contribution in [0.4, 0.5) is 16.2 Å². The maximum Gasteiger partial charge on any atom is 0.412 e. The van der Waals surface area contributed by atoms with E-state index in [1.54, 1.807) is 51.1 Å². The number of carbonyl (C=O) groups excluding carboxylic acids is 1. The van der Waals surface area contributed by atoms with Crippen molar-refractivity contribution in [1.82, 2.24) is 0 Å². The van der Waals surface area contributed by atoms with Gasteiger partial charge in [-0.15, -0.1) is 0 Å². The molecular formula is C15H15ClN4O2. The van der Waals surface area contributed by atoms with Gasteiger partial charge in [-0.3, -0.25) is 5.32 Å². The Morgan fingerprint density at radius 3 is 2.45 bits per heavy atom. The largest absolute Gasteiger partial charge is 0.444 e. The van der Waals surface area contributed by atoms with E-state index in [9.17, 15) is 4.79 Å². The first-order chi connectivity index (χ1) is 10.2. The van der Waals surface area contributed by atoms with Crippen LogP contribution in [-0.2, 0) is 4.74 Å². The van der Waals surface area contributed by atoms with Crippen molar-refractivity contribution in [3.63, 3.8) is 0 Å². The Bertz CT molecular complexity index is 662. The van der Waals surface area contributed by atoms with Crippen molar-refractivity contribution < 1.29 is 9.53 Å². The first-order valence-corrected chi connectivity index (χ1v) is 6.69. The molecule has 1 aromatic carbocycles. The van der Waals surface area contributed by atoms with Gasteiger partial charge in [0, 0.05) is 11.9 Å². The highest BCUT2D eigenvalue weighted by atomic mass is 35.5. The van der Waals surface area contributed by atoms with E-state index in [0.29, 0.717) is 16.4 Å². The SMILES string of the molecule is CC(C)(C)OC(=O)Nc1ccc(NC=C(C#N)C#N)cc1Cl. The number of benzene rings is 1. The number of nitriles is 2. The van der Waals surface area contributed by atoms with Crippen molar-refractivity contribution in [1.29, 1.82) is 10.5 Å². The Morgan fingerprint density at radius 2 is 1.95 bits per heavy atom. The Kier molecular flexibility index (Phi) is 5.80. The quantitative estimate of drug-likeness (QED) is 0.820. The average molecular weight is 319 g/mol. The number of nitrogens with one attached hydrogen (secondary N) is 2. The van der Waals surface area contributed by atoms with Crippen LogP contribution in [0.25, 0.3) is 0 Å². The summed E-state index contributed by atoms with van der Waals surface area (Å²) in [6.07, 6.45) is 0.665. The Balaban J connectivity index is 2.79. The van der Waals surface area contributed by atoms with Gasteiger partial charge in [-0.1, -0.05) is 11.6 Å². The minimum atomic E-state index is -0.605. The van der Waals surface area contributed by atoms with Gasteiger partial charge in [-0.25, -0.2) is 4.79 Å². The Labute approximate surface area is 133 Å². The number of rotatable bonds is 3. The molecule has 0 saturated heterocycles. The van der Waals surface area contributed by atoms with Gasteiger partial charge < -0.3 is 10.1 Å². The first kappa shape index (κ1) is 17.4. The maximum absolute atomic E-state index is 11.7. The summed E-state index contributed by atoms with van der Waals surface area (Å²) >= 11 is 6.07. The third kappa shape index (κ3) is 5.74. The fourth-order valence-corrected chi connectivity index (χ4v) is 1.59. The fourth-order valence-electron chi connectivity index (χ4n) is 1.36.